The summed E-state index contributed by atoms with van der Waals surface area (Å²) in [6.45, 7) is 1.12. The third-order valence-electron chi connectivity index (χ3n) is 3.29. The molecule has 2 aromatic heterocycles. The molecule has 0 fully saturated rings. The van der Waals surface area contributed by atoms with Gasteiger partial charge in [-0.05, 0) is 12.0 Å². The summed E-state index contributed by atoms with van der Waals surface area (Å²) < 4.78 is 1.77. The molecule has 0 atom stereocenters. The number of hydrogen-bond donors (Lipinski definition) is 2. The van der Waals surface area contributed by atoms with Gasteiger partial charge in [-0.1, -0.05) is 36.3 Å². The molecule has 3 N–H and O–H groups in total. The van der Waals surface area contributed by atoms with Crippen molar-refractivity contribution in [2.45, 2.75) is 13.0 Å². The summed E-state index contributed by atoms with van der Waals surface area (Å²) in [6.07, 6.45) is 7.85. The molecule has 2 heterocycles. The summed E-state index contributed by atoms with van der Waals surface area (Å²) in [4.78, 5) is 12.9. The summed E-state index contributed by atoms with van der Waals surface area (Å²) in [5, 5.41) is 3.19. The zero-order valence-electron chi connectivity index (χ0n) is 12.0. The summed E-state index contributed by atoms with van der Waals surface area (Å²) in [6, 6.07) is 10.2. The van der Waals surface area contributed by atoms with Gasteiger partial charge in [0.05, 0.1) is 12.9 Å². The first kappa shape index (κ1) is 13.9. The van der Waals surface area contributed by atoms with E-state index in [1.54, 1.807) is 10.9 Å². The van der Waals surface area contributed by atoms with Gasteiger partial charge in [0.2, 0.25) is 5.95 Å². The number of nitrogens with one attached hydrogen (secondary N) is 1. The molecule has 1 aromatic carbocycles. The Kier molecular flexibility index (Phi) is 3.88. The number of hydrogen-bond acceptors (Lipinski definition) is 5. The van der Waals surface area contributed by atoms with E-state index in [9.17, 15) is 0 Å². The minimum Gasteiger partial charge on any atom is -0.382 e. The third-order valence-corrected chi connectivity index (χ3v) is 3.29. The summed E-state index contributed by atoms with van der Waals surface area (Å²) in [5.74, 6) is 3.40. The van der Waals surface area contributed by atoms with Gasteiger partial charge in [-0.2, -0.15) is 9.97 Å². The van der Waals surface area contributed by atoms with Crippen LogP contribution in [0, 0.1) is 12.3 Å². The highest BCUT2D eigenvalue weighted by Gasteiger charge is 2.10. The number of fused-ring (bicyclic) bond motifs is 1. The lowest BCUT2D eigenvalue weighted by Gasteiger charge is -2.07. The number of anilines is 2. The van der Waals surface area contributed by atoms with Crippen LogP contribution in [0.15, 0.2) is 36.7 Å². The first-order valence-corrected chi connectivity index (χ1v) is 6.97. The van der Waals surface area contributed by atoms with Gasteiger partial charge in [0.25, 0.3) is 0 Å². The largest absolute Gasteiger partial charge is 0.382 e. The van der Waals surface area contributed by atoms with Crippen molar-refractivity contribution in [3.05, 3.63) is 42.2 Å². The maximum Gasteiger partial charge on any atom is 0.226 e. The number of terminal acetylenes is 1. The van der Waals surface area contributed by atoms with Gasteiger partial charge >= 0.3 is 0 Å². The van der Waals surface area contributed by atoms with Crippen molar-refractivity contribution < 1.29 is 0 Å². The molecule has 3 aromatic rings. The van der Waals surface area contributed by atoms with Crippen LogP contribution in [0.5, 0.6) is 0 Å². The molecule has 6 nitrogen and oxygen atoms in total. The van der Waals surface area contributed by atoms with Crippen molar-refractivity contribution in [1.82, 2.24) is 19.5 Å². The van der Waals surface area contributed by atoms with Gasteiger partial charge in [-0.3, -0.25) is 0 Å². The molecule has 0 unspecified atom stereocenters. The second-order valence-electron chi connectivity index (χ2n) is 4.84. The minimum absolute atomic E-state index is 0.350. The van der Waals surface area contributed by atoms with Crippen molar-refractivity contribution in [1.29, 1.82) is 0 Å². The molecule has 0 saturated carbocycles. The molecule has 0 aliphatic carbocycles. The van der Waals surface area contributed by atoms with Crippen LogP contribution in [-0.4, -0.2) is 26.1 Å². The van der Waals surface area contributed by atoms with Gasteiger partial charge in [0.1, 0.15) is 5.52 Å². The third kappa shape index (κ3) is 2.83. The molecule has 0 radical (unpaired) electrons. The van der Waals surface area contributed by atoms with Gasteiger partial charge in [0, 0.05) is 6.54 Å². The molecule has 0 aliphatic heterocycles. The molecular formula is C16H16N6. The fourth-order valence-corrected chi connectivity index (χ4v) is 2.22. The number of imidazole rings is 1. The first-order valence-electron chi connectivity index (χ1n) is 6.97. The van der Waals surface area contributed by atoms with E-state index < -0.39 is 0 Å². The molecule has 6 heteroatoms. The predicted octanol–water partition coefficient (Wildman–Crippen LogP) is 1.70. The molecule has 0 spiro atoms. The van der Waals surface area contributed by atoms with Crippen molar-refractivity contribution in [3.63, 3.8) is 0 Å². The maximum absolute atomic E-state index is 5.93. The average molecular weight is 292 g/mol. The number of benzene rings is 1. The maximum atomic E-state index is 5.93. The van der Waals surface area contributed by atoms with E-state index in [-0.39, 0.29) is 0 Å². The summed E-state index contributed by atoms with van der Waals surface area (Å²) >= 11 is 0. The van der Waals surface area contributed by atoms with E-state index in [1.165, 1.54) is 5.56 Å². The van der Waals surface area contributed by atoms with Gasteiger partial charge in [-0.25, -0.2) is 4.98 Å². The Morgan fingerprint density at radius 1 is 1.23 bits per heavy atom. The van der Waals surface area contributed by atoms with E-state index in [1.807, 2.05) is 18.2 Å². The lowest BCUT2D eigenvalue weighted by molar-refractivity contribution is 0.856. The summed E-state index contributed by atoms with van der Waals surface area (Å²) in [5.41, 5.74) is 8.40. The molecule has 0 amide bonds. The van der Waals surface area contributed by atoms with Crippen molar-refractivity contribution in [2.24, 2.45) is 0 Å². The van der Waals surface area contributed by atoms with Crippen LogP contribution >= 0.6 is 0 Å². The Balaban J connectivity index is 1.76. The smallest absolute Gasteiger partial charge is 0.226 e. The first-order chi connectivity index (χ1) is 10.8. The molecule has 110 valence electrons. The number of rotatable bonds is 5. The van der Waals surface area contributed by atoms with E-state index >= 15 is 0 Å². The quantitative estimate of drug-likeness (QED) is 0.699. The lowest BCUT2D eigenvalue weighted by atomic mass is 10.1. The number of nitrogens with two attached hydrogens (primary N) is 1. The van der Waals surface area contributed by atoms with Crippen LogP contribution in [0.3, 0.4) is 0 Å². The van der Waals surface area contributed by atoms with E-state index in [0.29, 0.717) is 29.5 Å². The zero-order valence-corrected chi connectivity index (χ0v) is 12.0. The number of nitrogen functional groups attached to an aromatic ring is 1. The molecule has 22 heavy (non-hydrogen) atoms. The fourth-order valence-electron chi connectivity index (χ4n) is 2.22. The molecular weight excluding hydrogens is 276 g/mol. The lowest BCUT2D eigenvalue weighted by Crippen LogP contribution is -2.10. The van der Waals surface area contributed by atoms with Gasteiger partial charge < -0.3 is 15.6 Å². The molecule has 0 aliphatic rings. The predicted molar refractivity (Wildman–Crippen MR) is 87.2 cm³/mol. The van der Waals surface area contributed by atoms with Crippen LogP contribution < -0.4 is 11.1 Å². The average Bonchev–Trinajstić information content (AvgIpc) is 2.93. The molecule has 3 rings (SSSR count). The van der Waals surface area contributed by atoms with Crippen LogP contribution in [0.2, 0.25) is 0 Å². The Morgan fingerprint density at radius 2 is 2.05 bits per heavy atom. The number of nitrogens with zero attached hydrogens (tertiary/aromatic N) is 4. The fraction of sp³-hybridized carbons (Fsp3) is 0.188. The van der Waals surface area contributed by atoms with Crippen LogP contribution in [0.25, 0.3) is 11.2 Å². The Labute approximate surface area is 128 Å². The van der Waals surface area contributed by atoms with Crippen LogP contribution in [0.4, 0.5) is 11.8 Å². The molecule has 0 bridgehead atoms. The second-order valence-corrected chi connectivity index (χ2v) is 4.84. The van der Waals surface area contributed by atoms with Crippen LogP contribution in [0.1, 0.15) is 5.56 Å². The Bertz CT molecular complexity index is 816. The number of aromatic nitrogens is 4. The van der Waals surface area contributed by atoms with Gasteiger partial charge in [-0.15, -0.1) is 6.42 Å². The Hall–Kier alpha value is -3.07. The highest BCUT2D eigenvalue weighted by Crippen LogP contribution is 2.17. The highest BCUT2D eigenvalue weighted by molar-refractivity contribution is 5.82. The highest BCUT2D eigenvalue weighted by atomic mass is 15.2. The SMILES string of the molecule is C#CCn1cnc2c(N)nc(NCCc3ccccc3)nc21. The van der Waals surface area contributed by atoms with Crippen LogP contribution in [-0.2, 0) is 13.0 Å². The normalized spacial score (nSPS) is 10.5. The summed E-state index contributed by atoms with van der Waals surface area (Å²) in [7, 11) is 0. The van der Waals surface area contributed by atoms with Gasteiger partial charge in [0.15, 0.2) is 11.5 Å². The topological polar surface area (TPSA) is 81.7 Å². The minimum atomic E-state index is 0.350. The molecule has 0 saturated heterocycles. The monoisotopic (exact) mass is 292 g/mol. The van der Waals surface area contributed by atoms with E-state index in [4.69, 9.17) is 12.2 Å². The zero-order chi connectivity index (χ0) is 15.4. The van der Waals surface area contributed by atoms with E-state index in [0.717, 1.165) is 13.0 Å². The van der Waals surface area contributed by atoms with Crippen molar-refractivity contribution >= 4 is 22.9 Å². The van der Waals surface area contributed by atoms with Crippen molar-refractivity contribution in [3.8, 4) is 12.3 Å². The van der Waals surface area contributed by atoms with Crippen molar-refractivity contribution in [2.75, 3.05) is 17.6 Å². The van der Waals surface area contributed by atoms with E-state index in [2.05, 4.69) is 38.3 Å². The second kappa shape index (κ2) is 6.14. The standard InChI is InChI=1S/C16H16N6/c1-2-10-22-11-19-13-14(17)20-16(21-15(13)22)18-9-8-12-6-4-3-5-7-12/h1,3-7,11H,8-10H2,(H3,17,18,20,21). The Morgan fingerprint density at radius 3 is 2.82 bits per heavy atom.